The molecule has 3 aromatic carbocycles. The lowest BCUT2D eigenvalue weighted by Gasteiger charge is -2.04. The number of benzene rings is 3. The minimum atomic E-state index is -0.391. The van der Waals surface area contributed by atoms with Crippen molar-refractivity contribution in [2.75, 3.05) is 7.11 Å². The Morgan fingerprint density at radius 1 is 0.913 bits per heavy atom. The van der Waals surface area contributed by atoms with Crippen molar-refractivity contribution in [1.82, 2.24) is 0 Å². The molecule has 0 radical (unpaired) electrons. The predicted molar refractivity (Wildman–Crippen MR) is 90.5 cm³/mol. The van der Waals surface area contributed by atoms with Crippen molar-refractivity contribution in [3.63, 3.8) is 0 Å². The Bertz CT molecular complexity index is 1030. The first-order valence-corrected chi connectivity index (χ1v) is 7.37. The van der Waals surface area contributed by atoms with E-state index in [1.807, 2.05) is 60.7 Å². The molecule has 1 aromatic heterocycles. The summed E-state index contributed by atoms with van der Waals surface area (Å²) in [7, 11) is 1.38. The van der Waals surface area contributed by atoms with Crippen molar-refractivity contribution >= 4 is 27.7 Å². The van der Waals surface area contributed by atoms with Gasteiger partial charge in [-0.3, -0.25) is 0 Å². The standard InChI is InChI=1S/C20H14O3/c1-22-20(21)18-16-8-4-5-9-17(16)23-19(18)15-11-10-13-6-2-3-7-14(13)12-15/h2-12H,1H3. The fourth-order valence-electron chi connectivity index (χ4n) is 2.88. The highest BCUT2D eigenvalue weighted by atomic mass is 16.5. The number of carbonyl (C=O) groups is 1. The van der Waals surface area contributed by atoms with Gasteiger partial charge in [0.05, 0.1) is 7.11 Å². The quantitative estimate of drug-likeness (QED) is 0.487. The summed E-state index contributed by atoms with van der Waals surface area (Å²) in [6.07, 6.45) is 0. The summed E-state index contributed by atoms with van der Waals surface area (Å²) in [4.78, 5) is 12.3. The minimum absolute atomic E-state index is 0.391. The van der Waals surface area contributed by atoms with Crippen LogP contribution >= 0.6 is 0 Å². The van der Waals surface area contributed by atoms with Gasteiger partial charge < -0.3 is 9.15 Å². The molecular weight excluding hydrogens is 288 g/mol. The molecule has 0 N–H and O–H groups in total. The third-order valence-electron chi connectivity index (χ3n) is 4.00. The number of ether oxygens (including phenoxy) is 1. The molecule has 23 heavy (non-hydrogen) atoms. The summed E-state index contributed by atoms with van der Waals surface area (Å²) < 4.78 is 10.9. The first-order chi connectivity index (χ1) is 11.3. The van der Waals surface area contributed by atoms with Crippen LogP contribution in [0.2, 0.25) is 0 Å². The van der Waals surface area contributed by atoms with Crippen molar-refractivity contribution in [1.29, 1.82) is 0 Å². The Morgan fingerprint density at radius 3 is 2.48 bits per heavy atom. The number of esters is 1. The second-order valence-electron chi connectivity index (χ2n) is 5.36. The monoisotopic (exact) mass is 302 g/mol. The third-order valence-corrected chi connectivity index (χ3v) is 4.00. The molecule has 4 rings (SSSR count). The van der Waals surface area contributed by atoms with Crippen LogP contribution in [-0.4, -0.2) is 13.1 Å². The summed E-state index contributed by atoms with van der Waals surface area (Å²) in [5.74, 6) is 0.155. The highest BCUT2D eigenvalue weighted by Crippen LogP contribution is 2.35. The molecule has 3 heteroatoms. The largest absolute Gasteiger partial charge is 0.465 e. The molecule has 0 spiro atoms. The van der Waals surface area contributed by atoms with Gasteiger partial charge >= 0.3 is 5.97 Å². The summed E-state index contributed by atoms with van der Waals surface area (Å²) >= 11 is 0. The number of hydrogen-bond donors (Lipinski definition) is 0. The zero-order chi connectivity index (χ0) is 15.8. The van der Waals surface area contributed by atoms with E-state index in [4.69, 9.17) is 9.15 Å². The number of fused-ring (bicyclic) bond motifs is 2. The summed E-state index contributed by atoms with van der Waals surface area (Å²) in [5.41, 5.74) is 2.01. The zero-order valence-electron chi connectivity index (χ0n) is 12.6. The number of hydrogen-bond acceptors (Lipinski definition) is 3. The maximum Gasteiger partial charge on any atom is 0.342 e. The molecule has 1 heterocycles. The maximum atomic E-state index is 12.3. The lowest BCUT2D eigenvalue weighted by molar-refractivity contribution is 0.0603. The number of methoxy groups -OCH3 is 1. The van der Waals surface area contributed by atoms with Gasteiger partial charge in [0.25, 0.3) is 0 Å². The van der Waals surface area contributed by atoms with E-state index < -0.39 is 5.97 Å². The number of para-hydroxylation sites is 1. The van der Waals surface area contributed by atoms with Crippen LogP contribution in [-0.2, 0) is 4.74 Å². The van der Waals surface area contributed by atoms with Gasteiger partial charge in [0, 0.05) is 10.9 Å². The van der Waals surface area contributed by atoms with Crippen LogP contribution in [0.5, 0.6) is 0 Å². The molecule has 0 saturated heterocycles. The molecule has 0 fully saturated rings. The van der Waals surface area contributed by atoms with Crippen LogP contribution in [0.3, 0.4) is 0 Å². The number of rotatable bonds is 2. The van der Waals surface area contributed by atoms with E-state index in [0.29, 0.717) is 16.9 Å². The minimum Gasteiger partial charge on any atom is -0.465 e. The predicted octanol–water partition coefficient (Wildman–Crippen LogP) is 5.04. The van der Waals surface area contributed by atoms with Crippen LogP contribution in [0.25, 0.3) is 33.1 Å². The molecule has 0 amide bonds. The molecule has 112 valence electrons. The fourth-order valence-corrected chi connectivity index (χ4v) is 2.88. The van der Waals surface area contributed by atoms with E-state index in [-0.39, 0.29) is 0 Å². The smallest absolute Gasteiger partial charge is 0.342 e. The second-order valence-corrected chi connectivity index (χ2v) is 5.36. The summed E-state index contributed by atoms with van der Waals surface area (Å²) in [6, 6.07) is 21.6. The van der Waals surface area contributed by atoms with E-state index in [1.54, 1.807) is 0 Å². The molecular formula is C20H14O3. The first kappa shape index (κ1) is 13.6. The highest BCUT2D eigenvalue weighted by Gasteiger charge is 2.22. The lowest BCUT2D eigenvalue weighted by Crippen LogP contribution is -2.01. The van der Waals surface area contributed by atoms with Crippen molar-refractivity contribution < 1.29 is 13.9 Å². The van der Waals surface area contributed by atoms with Crippen LogP contribution in [0.15, 0.2) is 71.1 Å². The van der Waals surface area contributed by atoms with Crippen LogP contribution < -0.4 is 0 Å². The van der Waals surface area contributed by atoms with Crippen molar-refractivity contribution in [3.05, 3.63) is 72.3 Å². The molecule has 0 bridgehead atoms. The Morgan fingerprint density at radius 2 is 1.65 bits per heavy atom. The second kappa shape index (κ2) is 5.29. The third kappa shape index (κ3) is 2.18. The molecule has 3 nitrogen and oxygen atoms in total. The Kier molecular flexibility index (Phi) is 3.12. The lowest BCUT2D eigenvalue weighted by atomic mass is 10.0. The Balaban J connectivity index is 2.01. The zero-order valence-corrected chi connectivity index (χ0v) is 12.6. The van der Waals surface area contributed by atoms with E-state index in [1.165, 1.54) is 7.11 Å². The van der Waals surface area contributed by atoms with E-state index in [0.717, 1.165) is 21.7 Å². The Labute approximate surface area is 133 Å². The average Bonchev–Trinajstić information content (AvgIpc) is 3.00. The van der Waals surface area contributed by atoms with Crippen molar-refractivity contribution in [2.24, 2.45) is 0 Å². The molecule has 4 aromatic rings. The normalized spacial score (nSPS) is 11.0. The van der Waals surface area contributed by atoms with Crippen LogP contribution in [0.4, 0.5) is 0 Å². The Hall–Kier alpha value is -3.07. The molecule has 0 saturated carbocycles. The number of furan rings is 1. The van der Waals surface area contributed by atoms with Crippen molar-refractivity contribution in [3.8, 4) is 11.3 Å². The van der Waals surface area contributed by atoms with Crippen LogP contribution in [0, 0.1) is 0 Å². The summed E-state index contributed by atoms with van der Waals surface area (Å²) in [6.45, 7) is 0. The van der Waals surface area contributed by atoms with Crippen LogP contribution in [0.1, 0.15) is 10.4 Å². The van der Waals surface area contributed by atoms with Gasteiger partial charge in [-0.1, -0.05) is 54.6 Å². The molecule has 0 aliphatic carbocycles. The molecule has 0 aliphatic rings. The van der Waals surface area contributed by atoms with Gasteiger partial charge in [-0.15, -0.1) is 0 Å². The molecule has 0 atom stereocenters. The van der Waals surface area contributed by atoms with Gasteiger partial charge in [-0.05, 0) is 22.9 Å². The maximum absolute atomic E-state index is 12.3. The van der Waals surface area contributed by atoms with E-state index in [9.17, 15) is 4.79 Å². The summed E-state index contributed by atoms with van der Waals surface area (Å²) in [5, 5.41) is 3.01. The van der Waals surface area contributed by atoms with Gasteiger partial charge in [-0.2, -0.15) is 0 Å². The van der Waals surface area contributed by atoms with Gasteiger partial charge in [0.1, 0.15) is 16.9 Å². The van der Waals surface area contributed by atoms with E-state index >= 15 is 0 Å². The first-order valence-electron chi connectivity index (χ1n) is 7.37. The van der Waals surface area contributed by atoms with Gasteiger partial charge in [-0.25, -0.2) is 4.79 Å². The highest BCUT2D eigenvalue weighted by molar-refractivity contribution is 6.09. The average molecular weight is 302 g/mol. The topological polar surface area (TPSA) is 39.4 Å². The van der Waals surface area contributed by atoms with Crippen molar-refractivity contribution in [2.45, 2.75) is 0 Å². The molecule has 0 aliphatic heterocycles. The fraction of sp³-hybridized carbons (Fsp3) is 0.0500. The SMILES string of the molecule is COC(=O)c1c(-c2ccc3ccccc3c2)oc2ccccc12. The van der Waals surface area contributed by atoms with Gasteiger partial charge in [0.2, 0.25) is 0 Å². The molecule has 0 unspecified atom stereocenters. The van der Waals surface area contributed by atoms with E-state index in [2.05, 4.69) is 6.07 Å². The van der Waals surface area contributed by atoms with Gasteiger partial charge in [0.15, 0.2) is 0 Å². The number of carbonyl (C=O) groups excluding carboxylic acids is 1.